The molecular weight excluding hydrogens is 278 g/mol. The molecule has 1 rings (SSSR count). The van der Waals surface area contributed by atoms with Crippen LogP contribution in [-0.2, 0) is 9.59 Å². The topological polar surface area (TPSA) is 70.2 Å². The SMILES string of the molecule is CCCNCCNC(=O)C(NC(C)=O)C1CCCC1.Cl. The van der Waals surface area contributed by atoms with Crippen LogP contribution in [0.2, 0.25) is 0 Å². The molecule has 0 aromatic carbocycles. The molecule has 0 spiro atoms. The fourth-order valence-electron chi connectivity index (χ4n) is 2.59. The van der Waals surface area contributed by atoms with Crippen LogP contribution in [0.15, 0.2) is 0 Å². The van der Waals surface area contributed by atoms with E-state index in [9.17, 15) is 9.59 Å². The van der Waals surface area contributed by atoms with Gasteiger partial charge in [-0.25, -0.2) is 0 Å². The van der Waals surface area contributed by atoms with Crippen LogP contribution in [0.4, 0.5) is 0 Å². The van der Waals surface area contributed by atoms with E-state index in [4.69, 9.17) is 0 Å². The molecule has 2 amide bonds. The van der Waals surface area contributed by atoms with Crippen molar-refractivity contribution in [2.45, 2.75) is 52.0 Å². The molecule has 118 valence electrons. The maximum Gasteiger partial charge on any atom is 0.242 e. The van der Waals surface area contributed by atoms with Crippen molar-refractivity contribution in [2.24, 2.45) is 5.92 Å². The third-order valence-corrected chi connectivity index (χ3v) is 3.54. The molecule has 6 heteroatoms. The predicted octanol–water partition coefficient (Wildman–Crippen LogP) is 1.22. The molecule has 0 saturated heterocycles. The van der Waals surface area contributed by atoms with Crippen LogP contribution in [0, 0.1) is 5.92 Å². The molecule has 20 heavy (non-hydrogen) atoms. The van der Waals surface area contributed by atoms with E-state index in [0.29, 0.717) is 12.5 Å². The molecule has 3 N–H and O–H groups in total. The number of hydrogen-bond donors (Lipinski definition) is 3. The van der Waals surface area contributed by atoms with Crippen molar-refractivity contribution in [3.8, 4) is 0 Å². The van der Waals surface area contributed by atoms with Gasteiger partial charge in [-0.15, -0.1) is 12.4 Å². The molecule has 1 fully saturated rings. The minimum atomic E-state index is -0.355. The molecule has 0 aromatic rings. The van der Waals surface area contributed by atoms with Crippen LogP contribution in [0.5, 0.6) is 0 Å². The van der Waals surface area contributed by atoms with Gasteiger partial charge in [-0.1, -0.05) is 19.8 Å². The number of hydrogen-bond acceptors (Lipinski definition) is 3. The zero-order chi connectivity index (χ0) is 14.1. The Morgan fingerprint density at radius 3 is 2.35 bits per heavy atom. The van der Waals surface area contributed by atoms with Gasteiger partial charge in [-0.05, 0) is 31.7 Å². The van der Waals surface area contributed by atoms with Gasteiger partial charge in [0.05, 0.1) is 0 Å². The maximum atomic E-state index is 12.1. The lowest BCUT2D eigenvalue weighted by molar-refractivity contribution is -0.129. The van der Waals surface area contributed by atoms with Crippen LogP contribution < -0.4 is 16.0 Å². The van der Waals surface area contributed by atoms with Gasteiger partial charge in [-0.2, -0.15) is 0 Å². The summed E-state index contributed by atoms with van der Waals surface area (Å²) < 4.78 is 0. The summed E-state index contributed by atoms with van der Waals surface area (Å²) >= 11 is 0. The number of nitrogens with one attached hydrogen (secondary N) is 3. The normalized spacial score (nSPS) is 16.3. The molecule has 1 atom stereocenters. The fourth-order valence-corrected chi connectivity index (χ4v) is 2.59. The van der Waals surface area contributed by atoms with E-state index in [0.717, 1.165) is 45.2 Å². The molecule has 1 unspecified atom stereocenters. The molecule has 0 aliphatic heterocycles. The van der Waals surface area contributed by atoms with Crippen LogP contribution >= 0.6 is 12.4 Å². The minimum Gasteiger partial charge on any atom is -0.353 e. The quantitative estimate of drug-likeness (QED) is 0.591. The Balaban J connectivity index is 0.00000361. The van der Waals surface area contributed by atoms with E-state index in [-0.39, 0.29) is 30.3 Å². The molecule has 0 aromatic heterocycles. The van der Waals surface area contributed by atoms with Crippen LogP contribution in [0.25, 0.3) is 0 Å². The minimum absolute atomic E-state index is 0. The summed E-state index contributed by atoms with van der Waals surface area (Å²) in [4.78, 5) is 23.4. The third kappa shape index (κ3) is 7.10. The van der Waals surface area contributed by atoms with E-state index in [1.54, 1.807) is 0 Å². The summed E-state index contributed by atoms with van der Waals surface area (Å²) in [5.41, 5.74) is 0. The van der Waals surface area contributed by atoms with Gasteiger partial charge in [-0.3, -0.25) is 9.59 Å². The molecular formula is C14H28ClN3O2. The van der Waals surface area contributed by atoms with E-state index < -0.39 is 0 Å². The molecule has 5 nitrogen and oxygen atoms in total. The van der Waals surface area contributed by atoms with Crippen LogP contribution in [0.1, 0.15) is 46.0 Å². The van der Waals surface area contributed by atoms with Crippen LogP contribution in [-0.4, -0.2) is 37.5 Å². The van der Waals surface area contributed by atoms with Gasteiger partial charge in [0.15, 0.2) is 0 Å². The predicted molar refractivity (Wildman–Crippen MR) is 83.0 cm³/mol. The maximum absolute atomic E-state index is 12.1. The van der Waals surface area contributed by atoms with Gasteiger partial charge in [0.25, 0.3) is 0 Å². The first-order valence-electron chi connectivity index (χ1n) is 7.40. The van der Waals surface area contributed by atoms with Gasteiger partial charge in [0.1, 0.15) is 6.04 Å². The Morgan fingerprint density at radius 1 is 1.15 bits per heavy atom. The Morgan fingerprint density at radius 2 is 1.80 bits per heavy atom. The summed E-state index contributed by atoms with van der Waals surface area (Å²) in [7, 11) is 0. The number of rotatable bonds is 8. The molecule has 1 aliphatic rings. The standard InChI is InChI=1S/C14H27N3O2.ClH/c1-3-8-15-9-10-16-14(19)13(17-11(2)18)12-6-4-5-7-12;/h12-13,15H,3-10H2,1-2H3,(H,16,19)(H,17,18);1H. The van der Waals surface area contributed by atoms with Gasteiger partial charge in [0, 0.05) is 20.0 Å². The smallest absolute Gasteiger partial charge is 0.242 e. The average molecular weight is 306 g/mol. The first-order valence-corrected chi connectivity index (χ1v) is 7.40. The second kappa shape index (κ2) is 10.9. The second-order valence-corrected chi connectivity index (χ2v) is 5.26. The first kappa shape index (κ1) is 19.2. The van der Waals surface area contributed by atoms with Crippen molar-refractivity contribution in [3.05, 3.63) is 0 Å². The van der Waals surface area contributed by atoms with Crippen molar-refractivity contribution >= 4 is 24.2 Å². The van der Waals surface area contributed by atoms with Crippen molar-refractivity contribution in [1.82, 2.24) is 16.0 Å². The Kier molecular flexibility index (Phi) is 10.5. The number of amides is 2. The summed E-state index contributed by atoms with van der Waals surface area (Å²) in [5, 5.41) is 8.95. The Labute approximate surface area is 128 Å². The number of carbonyl (C=O) groups excluding carboxylic acids is 2. The lowest BCUT2D eigenvalue weighted by atomic mass is 9.97. The second-order valence-electron chi connectivity index (χ2n) is 5.26. The highest BCUT2D eigenvalue weighted by atomic mass is 35.5. The molecule has 0 radical (unpaired) electrons. The van der Waals surface area contributed by atoms with Crippen molar-refractivity contribution < 1.29 is 9.59 Å². The van der Waals surface area contributed by atoms with Crippen molar-refractivity contribution in [3.63, 3.8) is 0 Å². The zero-order valence-corrected chi connectivity index (χ0v) is 13.4. The van der Waals surface area contributed by atoms with E-state index in [2.05, 4.69) is 22.9 Å². The lowest BCUT2D eigenvalue weighted by Crippen LogP contribution is -2.50. The molecule has 1 aliphatic carbocycles. The summed E-state index contributed by atoms with van der Waals surface area (Å²) in [5.74, 6) is 0.129. The van der Waals surface area contributed by atoms with Gasteiger partial charge >= 0.3 is 0 Å². The molecule has 0 heterocycles. The van der Waals surface area contributed by atoms with Crippen LogP contribution in [0.3, 0.4) is 0 Å². The molecule has 1 saturated carbocycles. The van der Waals surface area contributed by atoms with Crippen molar-refractivity contribution in [2.75, 3.05) is 19.6 Å². The number of halogens is 1. The molecule has 0 bridgehead atoms. The fraction of sp³-hybridized carbons (Fsp3) is 0.857. The highest BCUT2D eigenvalue weighted by Gasteiger charge is 2.30. The summed E-state index contributed by atoms with van der Waals surface area (Å²) in [6, 6.07) is -0.355. The van der Waals surface area contributed by atoms with Gasteiger partial charge < -0.3 is 16.0 Å². The van der Waals surface area contributed by atoms with Crippen molar-refractivity contribution in [1.29, 1.82) is 0 Å². The first-order chi connectivity index (χ1) is 9.15. The largest absolute Gasteiger partial charge is 0.353 e. The highest BCUT2D eigenvalue weighted by molar-refractivity contribution is 5.87. The Hall–Kier alpha value is -0.810. The summed E-state index contributed by atoms with van der Waals surface area (Å²) in [6.45, 7) is 5.93. The third-order valence-electron chi connectivity index (χ3n) is 3.54. The monoisotopic (exact) mass is 305 g/mol. The Bertz CT molecular complexity index is 294. The number of carbonyl (C=O) groups is 2. The van der Waals surface area contributed by atoms with E-state index in [1.165, 1.54) is 6.92 Å². The zero-order valence-electron chi connectivity index (χ0n) is 12.5. The average Bonchev–Trinajstić information content (AvgIpc) is 2.89. The highest BCUT2D eigenvalue weighted by Crippen LogP contribution is 2.27. The van der Waals surface area contributed by atoms with E-state index >= 15 is 0 Å². The van der Waals surface area contributed by atoms with E-state index in [1.807, 2.05) is 0 Å². The summed E-state index contributed by atoms with van der Waals surface area (Å²) in [6.07, 6.45) is 5.47. The van der Waals surface area contributed by atoms with Gasteiger partial charge in [0.2, 0.25) is 11.8 Å². The lowest BCUT2D eigenvalue weighted by Gasteiger charge is -2.23.